The van der Waals surface area contributed by atoms with Crippen LogP contribution in [0.25, 0.3) is 5.57 Å². The zero-order chi connectivity index (χ0) is 10.6. The molecule has 1 aromatic rings. The first kappa shape index (κ1) is 11.4. The van der Waals surface area contributed by atoms with Gasteiger partial charge in [-0.1, -0.05) is 32.1 Å². The van der Waals surface area contributed by atoms with Crippen molar-refractivity contribution in [2.24, 2.45) is 0 Å². The fourth-order valence-corrected chi connectivity index (χ4v) is 2.69. The SMILES string of the molecule is C=C/C=C(/CCC)c1sc(=S)[nH]c1C. The summed E-state index contributed by atoms with van der Waals surface area (Å²) in [6.45, 7) is 7.98. The van der Waals surface area contributed by atoms with Gasteiger partial charge in [0.05, 0.1) is 4.88 Å². The minimum Gasteiger partial charge on any atom is -0.341 e. The predicted molar refractivity (Wildman–Crippen MR) is 67.3 cm³/mol. The van der Waals surface area contributed by atoms with Crippen LogP contribution in [0.2, 0.25) is 0 Å². The third-order valence-electron chi connectivity index (χ3n) is 1.95. The van der Waals surface area contributed by atoms with Crippen molar-refractivity contribution in [2.45, 2.75) is 26.7 Å². The van der Waals surface area contributed by atoms with Crippen LogP contribution in [-0.2, 0) is 0 Å². The number of aromatic nitrogens is 1. The van der Waals surface area contributed by atoms with Crippen LogP contribution in [0, 0.1) is 10.9 Å². The first-order chi connectivity index (χ1) is 6.69. The minimum atomic E-state index is 0.851. The molecule has 76 valence electrons. The number of allylic oxidation sites excluding steroid dienone is 3. The Labute approximate surface area is 94.2 Å². The quantitative estimate of drug-likeness (QED) is 0.590. The zero-order valence-electron chi connectivity index (χ0n) is 8.59. The van der Waals surface area contributed by atoms with Crippen molar-refractivity contribution in [1.82, 2.24) is 4.98 Å². The highest BCUT2D eigenvalue weighted by Gasteiger charge is 2.06. The topological polar surface area (TPSA) is 15.8 Å². The van der Waals surface area contributed by atoms with Crippen LogP contribution in [0.5, 0.6) is 0 Å². The molecule has 0 fully saturated rings. The van der Waals surface area contributed by atoms with Crippen molar-refractivity contribution in [3.63, 3.8) is 0 Å². The van der Waals surface area contributed by atoms with Crippen LogP contribution < -0.4 is 0 Å². The number of thiazole rings is 1. The summed E-state index contributed by atoms with van der Waals surface area (Å²) in [4.78, 5) is 4.44. The number of nitrogens with one attached hydrogen (secondary N) is 1. The second-order valence-electron chi connectivity index (χ2n) is 3.15. The van der Waals surface area contributed by atoms with Gasteiger partial charge in [0, 0.05) is 5.69 Å². The van der Waals surface area contributed by atoms with Gasteiger partial charge in [0.15, 0.2) is 3.95 Å². The van der Waals surface area contributed by atoms with E-state index in [1.807, 2.05) is 6.08 Å². The molecule has 0 unspecified atom stereocenters. The van der Waals surface area contributed by atoms with E-state index in [0.29, 0.717) is 0 Å². The molecule has 0 amide bonds. The first-order valence-corrected chi connectivity index (χ1v) is 5.93. The van der Waals surface area contributed by atoms with Crippen molar-refractivity contribution in [3.05, 3.63) is 33.3 Å². The Bertz CT molecular complexity index is 396. The highest BCUT2D eigenvalue weighted by atomic mass is 32.1. The van der Waals surface area contributed by atoms with Gasteiger partial charge < -0.3 is 4.98 Å². The molecule has 0 aromatic carbocycles. The minimum absolute atomic E-state index is 0.851. The molecule has 0 bridgehead atoms. The van der Waals surface area contributed by atoms with Crippen molar-refractivity contribution in [3.8, 4) is 0 Å². The average Bonchev–Trinajstić information content (AvgIpc) is 2.45. The first-order valence-electron chi connectivity index (χ1n) is 4.70. The molecule has 0 saturated carbocycles. The third kappa shape index (κ3) is 2.66. The molecule has 0 atom stereocenters. The zero-order valence-corrected chi connectivity index (χ0v) is 10.2. The summed E-state index contributed by atoms with van der Waals surface area (Å²) in [6, 6.07) is 0. The lowest BCUT2D eigenvalue weighted by atomic mass is 10.1. The van der Waals surface area contributed by atoms with Crippen molar-refractivity contribution in [2.75, 3.05) is 0 Å². The Kier molecular flexibility index (Phi) is 4.29. The number of hydrogen-bond acceptors (Lipinski definition) is 2. The van der Waals surface area contributed by atoms with E-state index >= 15 is 0 Å². The maximum atomic E-state index is 5.12. The van der Waals surface area contributed by atoms with Gasteiger partial charge in [0.2, 0.25) is 0 Å². The van der Waals surface area contributed by atoms with Crippen LogP contribution in [0.3, 0.4) is 0 Å². The predicted octanol–water partition coefficient (Wildman–Crippen LogP) is 4.48. The molecule has 1 rings (SSSR count). The van der Waals surface area contributed by atoms with E-state index in [1.165, 1.54) is 16.1 Å². The fraction of sp³-hybridized carbons (Fsp3) is 0.364. The van der Waals surface area contributed by atoms with Gasteiger partial charge >= 0.3 is 0 Å². The molecule has 0 radical (unpaired) electrons. The summed E-state index contributed by atoms with van der Waals surface area (Å²) >= 11 is 6.76. The van der Waals surface area contributed by atoms with Gasteiger partial charge in [-0.25, -0.2) is 0 Å². The smallest absolute Gasteiger partial charge is 0.159 e. The van der Waals surface area contributed by atoms with Crippen LogP contribution in [0.1, 0.15) is 30.3 Å². The van der Waals surface area contributed by atoms with E-state index in [-0.39, 0.29) is 0 Å². The van der Waals surface area contributed by atoms with Gasteiger partial charge in [-0.05, 0) is 31.1 Å². The Morgan fingerprint density at radius 3 is 2.79 bits per heavy atom. The fourth-order valence-electron chi connectivity index (χ4n) is 1.40. The van der Waals surface area contributed by atoms with Gasteiger partial charge in [0.25, 0.3) is 0 Å². The van der Waals surface area contributed by atoms with Crippen LogP contribution in [0.15, 0.2) is 18.7 Å². The van der Waals surface area contributed by atoms with Gasteiger partial charge in [0.1, 0.15) is 0 Å². The second-order valence-corrected chi connectivity index (χ2v) is 4.83. The molecular weight excluding hydrogens is 210 g/mol. The van der Waals surface area contributed by atoms with E-state index in [2.05, 4.69) is 31.5 Å². The van der Waals surface area contributed by atoms with Gasteiger partial charge in [-0.15, -0.1) is 11.3 Å². The number of rotatable bonds is 4. The van der Waals surface area contributed by atoms with Gasteiger partial charge in [-0.2, -0.15) is 0 Å². The molecule has 3 heteroatoms. The molecule has 0 aliphatic heterocycles. The lowest BCUT2D eigenvalue weighted by Gasteiger charge is -2.02. The summed E-state index contributed by atoms with van der Waals surface area (Å²) in [6.07, 6.45) is 6.14. The molecule has 1 aromatic heterocycles. The summed E-state index contributed by atoms with van der Waals surface area (Å²) < 4.78 is 0.851. The Hall–Kier alpha value is -0.670. The Balaban J connectivity index is 3.10. The maximum absolute atomic E-state index is 5.12. The molecule has 14 heavy (non-hydrogen) atoms. The standard InChI is InChI=1S/C11H15NS2/c1-4-6-9(7-5-2)10-8(3)12-11(13)14-10/h4,6H,1,5,7H2,2-3H3,(H,12,13)/b9-6-. The Morgan fingerprint density at radius 1 is 1.64 bits per heavy atom. The molecule has 0 saturated heterocycles. The maximum Gasteiger partial charge on any atom is 0.159 e. The van der Waals surface area contributed by atoms with E-state index < -0.39 is 0 Å². The molecule has 0 aliphatic carbocycles. The van der Waals surface area contributed by atoms with Gasteiger partial charge in [-0.3, -0.25) is 0 Å². The summed E-state index contributed by atoms with van der Waals surface area (Å²) in [5, 5.41) is 0. The lowest BCUT2D eigenvalue weighted by Crippen LogP contribution is -1.83. The van der Waals surface area contributed by atoms with E-state index in [9.17, 15) is 0 Å². The van der Waals surface area contributed by atoms with Crippen molar-refractivity contribution < 1.29 is 0 Å². The van der Waals surface area contributed by atoms with Crippen LogP contribution >= 0.6 is 23.6 Å². The highest BCUT2D eigenvalue weighted by molar-refractivity contribution is 7.73. The van der Waals surface area contributed by atoms with Crippen LogP contribution in [0.4, 0.5) is 0 Å². The molecular formula is C11H15NS2. The summed E-state index contributed by atoms with van der Waals surface area (Å²) in [7, 11) is 0. The monoisotopic (exact) mass is 225 g/mol. The van der Waals surface area contributed by atoms with E-state index in [0.717, 1.165) is 16.8 Å². The molecule has 1 N–H and O–H groups in total. The number of aromatic amines is 1. The second kappa shape index (κ2) is 5.27. The average molecular weight is 225 g/mol. The summed E-state index contributed by atoms with van der Waals surface area (Å²) in [5.41, 5.74) is 2.50. The number of aryl methyl sites for hydroxylation is 1. The molecule has 0 spiro atoms. The Morgan fingerprint density at radius 2 is 2.36 bits per heavy atom. The highest BCUT2D eigenvalue weighted by Crippen LogP contribution is 2.27. The molecule has 1 heterocycles. The van der Waals surface area contributed by atoms with Crippen molar-refractivity contribution in [1.29, 1.82) is 0 Å². The van der Waals surface area contributed by atoms with Crippen molar-refractivity contribution >= 4 is 29.1 Å². The van der Waals surface area contributed by atoms with Crippen LogP contribution in [-0.4, -0.2) is 4.98 Å². The number of hydrogen-bond donors (Lipinski definition) is 1. The lowest BCUT2D eigenvalue weighted by molar-refractivity contribution is 0.973. The largest absolute Gasteiger partial charge is 0.341 e. The van der Waals surface area contributed by atoms with E-state index in [1.54, 1.807) is 11.3 Å². The third-order valence-corrected chi connectivity index (χ3v) is 3.37. The van der Waals surface area contributed by atoms with E-state index in [4.69, 9.17) is 12.2 Å². The normalized spacial score (nSPS) is 11.7. The molecule has 1 nitrogen and oxygen atoms in total. The summed E-state index contributed by atoms with van der Waals surface area (Å²) in [5.74, 6) is 0. The number of H-pyrrole nitrogens is 1. The molecule has 0 aliphatic rings.